The van der Waals surface area contributed by atoms with Gasteiger partial charge in [-0.25, -0.2) is 9.07 Å². The van der Waals surface area contributed by atoms with Gasteiger partial charge < -0.3 is 10.1 Å². The number of rotatable bonds is 7. The average Bonchev–Trinajstić information content (AvgIpc) is 3.35. The Morgan fingerprint density at radius 3 is 2.58 bits per heavy atom. The predicted octanol–water partition coefficient (Wildman–Crippen LogP) is 3.26. The second-order valence-corrected chi connectivity index (χ2v) is 8.07. The summed E-state index contributed by atoms with van der Waals surface area (Å²) in [4.78, 5) is 27.9. The molecule has 1 unspecified atom stereocenters. The van der Waals surface area contributed by atoms with E-state index in [4.69, 9.17) is 4.74 Å². The van der Waals surface area contributed by atoms with E-state index in [1.54, 1.807) is 32.2 Å². The fourth-order valence-electron chi connectivity index (χ4n) is 4.28. The summed E-state index contributed by atoms with van der Waals surface area (Å²) < 4.78 is 21.1. The minimum atomic E-state index is -0.593. The fraction of sp³-hybridized carbons (Fsp3) is 0.320. The molecule has 1 aliphatic rings. The number of benzene rings is 2. The first kappa shape index (κ1) is 22.7. The lowest BCUT2D eigenvalue weighted by molar-refractivity contribution is 0.0929. The van der Waals surface area contributed by atoms with Crippen molar-refractivity contribution in [2.24, 2.45) is 0 Å². The first-order valence-electron chi connectivity index (χ1n) is 11.0. The Morgan fingerprint density at radius 2 is 1.85 bits per heavy atom. The van der Waals surface area contributed by atoms with Gasteiger partial charge in [0, 0.05) is 23.9 Å². The zero-order valence-electron chi connectivity index (χ0n) is 18.8. The summed E-state index contributed by atoms with van der Waals surface area (Å²) >= 11 is 0. The number of carbonyl (C=O) groups is 1. The highest BCUT2D eigenvalue weighted by Crippen LogP contribution is 2.31. The summed E-state index contributed by atoms with van der Waals surface area (Å²) in [6.07, 6.45) is 2.18. The lowest BCUT2D eigenvalue weighted by Gasteiger charge is -2.29. The molecule has 0 aliphatic carbocycles. The number of nitrogens with one attached hydrogen (secondary N) is 1. The van der Waals surface area contributed by atoms with E-state index < -0.39 is 17.2 Å². The maximum Gasteiger partial charge on any atom is 0.275 e. The Bertz CT molecular complexity index is 1200. The van der Waals surface area contributed by atoms with Crippen LogP contribution in [-0.2, 0) is 0 Å². The minimum absolute atomic E-state index is 0.105. The number of aromatic nitrogens is 2. The summed E-state index contributed by atoms with van der Waals surface area (Å²) in [5, 5.41) is 7.07. The molecule has 0 saturated carbocycles. The van der Waals surface area contributed by atoms with Crippen LogP contribution in [0.5, 0.6) is 5.75 Å². The van der Waals surface area contributed by atoms with Gasteiger partial charge in [0.05, 0.1) is 13.2 Å². The zero-order chi connectivity index (χ0) is 23.4. The topological polar surface area (TPSA) is 76.5 Å². The molecule has 7 nitrogen and oxygen atoms in total. The molecular formula is C25H27FN4O3. The molecule has 1 aliphatic heterocycles. The van der Waals surface area contributed by atoms with Gasteiger partial charge in [0.25, 0.3) is 5.91 Å². The van der Waals surface area contributed by atoms with Gasteiger partial charge in [-0.2, -0.15) is 5.10 Å². The van der Waals surface area contributed by atoms with Crippen molar-refractivity contribution in [3.63, 3.8) is 0 Å². The summed E-state index contributed by atoms with van der Waals surface area (Å²) in [6, 6.07) is 15.0. The van der Waals surface area contributed by atoms with Crippen LogP contribution in [0.15, 0.2) is 59.4 Å². The highest BCUT2D eigenvalue weighted by molar-refractivity contribution is 5.92. The standard InChI is InChI=1S/C25H27FN4O3/c1-17-15-22(31)24(28-30(17)20-11-5-4-10-19(20)26)25(32)27-16-21(29-13-7-8-14-29)18-9-3-6-12-23(18)33-2/h3-6,9-12,15,21H,7-8,13-14,16H2,1-2H3,(H,27,32). The number of carbonyl (C=O) groups excluding carboxylic acids is 1. The molecule has 0 radical (unpaired) electrons. The van der Waals surface area contributed by atoms with Crippen molar-refractivity contribution in [1.29, 1.82) is 0 Å². The van der Waals surface area contributed by atoms with Crippen molar-refractivity contribution in [3.05, 3.63) is 87.6 Å². The second kappa shape index (κ2) is 9.95. The first-order chi connectivity index (χ1) is 16.0. The third kappa shape index (κ3) is 4.80. The average molecular weight is 451 g/mol. The van der Waals surface area contributed by atoms with Crippen molar-refractivity contribution < 1.29 is 13.9 Å². The minimum Gasteiger partial charge on any atom is -0.496 e. The summed E-state index contributed by atoms with van der Waals surface area (Å²) in [7, 11) is 1.62. The molecule has 1 atom stereocenters. The van der Waals surface area contributed by atoms with Crippen LogP contribution in [0.1, 0.15) is 40.6 Å². The van der Waals surface area contributed by atoms with E-state index in [-0.39, 0.29) is 24.0 Å². The lowest BCUT2D eigenvalue weighted by atomic mass is 10.0. The molecule has 0 spiro atoms. The van der Waals surface area contributed by atoms with Crippen molar-refractivity contribution in [2.75, 3.05) is 26.7 Å². The molecule has 3 aromatic rings. The third-order valence-electron chi connectivity index (χ3n) is 5.94. The maximum atomic E-state index is 14.3. The van der Waals surface area contributed by atoms with Gasteiger partial charge in [0.2, 0.25) is 5.43 Å². The molecule has 33 heavy (non-hydrogen) atoms. The summed E-state index contributed by atoms with van der Waals surface area (Å²) in [5.41, 5.74) is 0.804. The second-order valence-electron chi connectivity index (χ2n) is 8.07. The number of para-hydroxylation sites is 2. The van der Waals surface area contributed by atoms with Crippen LogP contribution in [0.4, 0.5) is 4.39 Å². The van der Waals surface area contributed by atoms with E-state index in [2.05, 4.69) is 15.3 Å². The molecule has 172 valence electrons. The summed E-state index contributed by atoms with van der Waals surface area (Å²) in [5.74, 6) is -0.337. The van der Waals surface area contributed by atoms with Gasteiger partial charge in [-0.3, -0.25) is 14.5 Å². The molecule has 2 aromatic carbocycles. The Hall–Kier alpha value is -3.52. The van der Waals surface area contributed by atoms with Crippen LogP contribution in [-0.4, -0.2) is 47.3 Å². The number of amides is 1. The molecule has 0 bridgehead atoms. The highest BCUT2D eigenvalue weighted by Gasteiger charge is 2.27. The molecule has 2 heterocycles. The monoisotopic (exact) mass is 450 g/mol. The molecule has 1 saturated heterocycles. The first-order valence-corrected chi connectivity index (χ1v) is 11.0. The van der Waals surface area contributed by atoms with Gasteiger partial charge in [-0.1, -0.05) is 30.3 Å². The van der Waals surface area contributed by atoms with Crippen LogP contribution in [0.25, 0.3) is 5.69 Å². The van der Waals surface area contributed by atoms with Crippen molar-refractivity contribution in [3.8, 4) is 11.4 Å². The quantitative estimate of drug-likeness (QED) is 0.598. The number of halogens is 1. The third-order valence-corrected chi connectivity index (χ3v) is 5.94. The van der Waals surface area contributed by atoms with Crippen LogP contribution < -0.4 is 15.5 Å². The van der Waals surface area contributed by atoms with E-state index in [9.17, 15) is 14.0 Å². The Balaban J connectivity index is 1.61. The van der Waals surface area contributed by atoms with Gasteiger partial charge in [0.1, 0.15) is 17.3 Å². The molecular weight excluding hydrogens is 423 g/mol. The van der Waals surface area contributed by atoms with Crippen LogP contribution in [0.3, 0.4) is 0 Å². The molecule has 4 rings (SSSR count). The van der Waals surface area contributed by atoms with Crippen molar-refractivity contribution in [1.82, 2.24) is 20.0 Å². The van der Waals surface area contributed by atoms with E-state index in [1.807, 2.05) is 24.3 Å². The number of methoxy groups -OCH3 is 1. The maximum absolute atomic E-state index is 14.3. The van der Waals surface area contributed by atoms with Crippen LogP contribution in [0.2, 0.25) is 0 Å². The van der Waals surface area contributed by atoms with E-state index >= 15 is 0 Å². The largest absolute Gasteiger partial charge is 0.496 e. The zero-order valence-corrected chi connectivity index (χ0v) is 18.8. The fourth-order valence-corrected chi connectivity index (χ4v) is 4.28. The number of hydrogen-bond donors (Lipinski definition) is 1. The molecule has 8 heteroatoms. The van der Waals surface area contributed by atoms with Gasteiger partial charge in [0.15, 0.2) is 5.69 Å². The Labute approximate surface area is 191 Å². The van der Waals surface area contributed by atoms with Crippen molar-refractivity contribution in [2.45, 2.75) is 25.8 Å². The van der Waals surface area contributed by atoms with Gasteiger partial charge >= 0.3 is 0 Å². The van der Waals surface area contributed by atoms with Crippen molar-refractivity contribution >= 4 is 5.91 Å². The van der Waals surface area contributed by atoms with Gasteiger partial charge in [-0.15, -0.1) is 0 Å². The SMILES string of the molecule is COc1ccccc1C(CNC(=O)c1nn(-c2ccccc2F)c(C)cc1=O)N1CCCC1. The van der Waals surface area contributed by atoms with E-state index in [0.717, 1.165) is 37.2 Å². The summed E-state index contributed by atoms with van der Waals surface area (Å²) in [6.45, 7) is 3.77. The highest BCUT2D eigenvalue weighted by atomic mass is 19.1. The number of nitrogens with zero attached hydrogens (tertiary/aromatic N) is 3. The molecule has 1 N–H and O–H groups in total. The molecule has 1 amide bonds. The number of aryl methyl sites for hydroxylation is 1. The van der Waals surface area contributed by atoms with Crippen LogP contribution >= 0.6 is 0 Å². The normalized spacial score (nSPS) is 14.8. The smallest absolute Gasteiger partial charge is 0.275 e. The molecule has 1 aromatic heterocycles. The van der Waals surface area contributed by atoms with Gasteiger partial charge in [-0.05, 0) is 51.1 Å². The Morgan fingerprint density at radius 1 is 1.15 bits per heavy atom. The molecule has 1 fully saturated rings. The number of likely N-dealkylation sites (tertiary alicyclic amines) is 1. The number of hydrogen-bond acceptors (Lipinski definition) is 5. The lowest BCUT2D eigenvalue weighted by Crippen LogP contribution is -2.39. The van der Waals surface area contributed by atoms with Crippen LogP contribution in [0, 0.1) is 12.7 Å². The predicted molar refractivity (Wildman–Crippen MR) is 123 cm³/mol. The van der Waals surface area contributed by atoms with E-state index in [0.29, 0.717) is 5.69 Å². The van der Waals surface area contributed by atoms with E-state index in [1.165, 1.54) is 16.8 Å². The number of ether oxygens (including phenoxy) is 1. The Kier molecular flexibility index (Phi) is 6.84.